The first kappa shape index (κ1) is 20.1. The Balaban J connectivity index is 2.04. The predicted octanol–water partition coefficient (Wildman–Crippen LogP) is 5.30. The van der Waals surface area contributed by atoms with E-state index < -0.39 is 0 Å². The molecule has 1 amide bonds. The van der Waals surface area contributed by atoms with Crippen LogP contribution in [-0.4, -0.2) is 21.5 Å². The number of aryl methyl sites for hydroxylation is 3. The van der Waals surface area contributed by atoms with Crippen molar-refractivity contribution in [1.29, 1.82) is 0 Å². The van der Waals surface area contributed by atoms with Crippen molar-refractivity contribution < 1.29 is 4.79 Å². The van der Waals surface area contributed by atoms with Crippen LogP contribution in [0.1, 0.15) is 51.1 Å². The largest absolute Gasteiger partial charge is 0.318 e. The Morgan fingerprint density at radius 3 is 2.54 bits per heavy atom. The number of carbonyl (C=O) groups excluding carboxylic acids is 1. The quantitative estimate of drug-likeness (QED) is 0.560. The molecule has 0 aliphatic rings. The second-order valence-electron chi connectivity index (χ2n) is 7.65. The van der Waals surface area contributed by atoms with Crippen LogP contribution in [0, 0.1) is 6.92 Å². The zero-order chi connectivity index (χ0) is 20.3. The van der Waals surface area contributed by atoms with E-state index in [4.69, 9.17) is 4.98 Å². The first-order valence-electron chi connectivity index (χ1n) is 10.3. The smallest absolute Gasteiger partial charge is 0.247 e. The van der Waals surface area contributed by atoms with Gasteiger partial charge in [0, 0.05) is 12.5 Å². The Kier molecular flexibility index (Phi) is 6.18. The van der Waals surface area contributed by atoms with Crippen LogP contribution in [0.4, 0.5) is 5.69 Å². The highest BCUT2D eigenvalue weighted by Gasteiger charge is 2.24. The summed E-state index contributed by atoms with van der Waals surface area (Å²) >= 11 is 0. The highest BCUT2D eigenvalue weighted by atomic mass is 16.2. The van der Waals surface area contributed by atoms with Crippen LogP contribution in [0.5, 0.6) is 0 Å². The van der Waals surface area contributed by atoms with Gasteiger partial charge in [-0.3, -0.25) is 4.79 Å². The van der Waals surface area contributed by atoms with Crippen LogP contribution >= 0.6 is 0 Å². The third-order valence-corrected chi connectivity index (χ3v) is 5.23. The third kappa shape index (κ3) is 3.82. The molecule has 0 unspecified atom stereocenters. The number of hydrogen-bond donors (Lipinski definition) is 0. The number of fused-ring (bicyclic) bond motifs is 1. The lowest BCUT2D eigenvalue weighted by atomic mass is 10.0. The fraction of sp³-hybridized carbons (Fsp3) is 0.417. The Morgan fingerprint density at radius 2 is 1.86 bits per heavy atom. The maximum atomic E-state index is 13.6. The van der Waals surface area contributed by atoms with E-state index in [9.17, 15) is 4.79 Å². The molecule has 0 fully saturated rings. The molecule has 0 aliphatic carbocycles. The molecule has 3 aromatic rings. The van der Waals surface area contributed by atoms with E-state index >= 15 is 0 Å². The van der Waals surface area contributed by atoms with Gasteiger partial charge in [-0.2, -0.15) is 0 Å². The summed E-state index contributed by atoms with van der Waals surface area (Å²) in [5, 5.41) is 0. The molecule has 4 nitrogen and oxygen atoms in total. The summed E-state index contributed by atoms with van der Waals surface area (Å²) in [5.74, 6) is 1.10. The number of imidazole rings is 1. The molecule has 0 N–H and O–H groups in total. The monoisotopic (exact) mass is 377 g/mol. The lowest BCUT2D eigenvalue weighted by Crippen LogP contribution is -2.40. The van der Waals surface area contributed by atoms with Crippen LogP contribution < -0.4 is 4.90 Å². The van der Waals surface area contributed by atoms with Gasteiger partial charge in [-0.1, -0.05) is 44.2 Å². The van der Waals surface area contributed by atoms with Crippen molar-refractivity contribution in [2.75, 3.05) is 4.90 Å². The van der Waals surface area contributed by atoms with E-state index in [1.165, 1.54) is 5.56 Å². The summed E-state index contributed by atoms with van der Waals surface area (Å²) in [6, 6.07) is 14.5. The lowest BCUT2D eigenvalue weighted by Gasteiger charge is -2.31. The Hall–Kier alpha value is -2.62. The molecule has 28 heavy (non-hydrogen) atoms. The van der Waals surface area contributed by atoms with Crippen molar-refractivity contribution in [2.45, 2.75) is 66.5 Å². The minimum absolute atomic E-state index is 0.0864. The summed E-state index contributed by atoms with van der Waals surface area (Å²) < 4.78 is 2.10. The summed E-state index contributed by atoms with van der Waals surface area (Å²) in [6.45, 7) is 10.9. The fourth-order valence-corrected chi connectivity index (χ4v) is 3.95. The molecule has 0 aliphatic heterocycles. The molecule has 0 bridgehead atoms. The molecule has 0 saturated heterocycles. The third-order valence-electron chi connectivity index (χ3n) is 5.23. The molecule has 0 atom stereocenters. The standard InChI is InChI=1S/C24H31N3O/c1-6-11-22-25-20-14-8-9-15-21(20)26(22)16-23(28)27(17(3)4)24-18(5)12-10-13-19(24)7-2/h8-10,12-15,17H,6-7,11,16H2,1-5H3. The summed E-state index contributed by atoms with van der Waals surface area (Å²) in [6.07, 6.45) is 2.78. The van der Waals surface area contributed by atoms with Gasteiger partial charge in [0.2, 0.25) is 5.91 Å². The van der Waals surface area contributed by atoms with E-state index in [1.807, 2.05) is 23.1 Å². The molecule has 0 spiro atoms. The zero-order valence-electron chi connectivity index (χ0n) is 17.7. The topological polar surface area (TPSA) is 38.1 Å². The van der Waals surface area contributed by atoms with Gasteiger partial charge in [-0.05, 0) is 56.9 Å². The van der Waals surface area contributed by atoms with E-state index in [-0.39, 0.29) is 11.9 Å². The van der Waals surface area contributed by atoms with Crippen LogP contribution in [-0.2, 0) is 24.2 Å². The molecular formula is C24H31N3O. The summed E-state index contributed by atoms with van der Waals surface area (Å²) in [4.78, 5) is 20.3. The normalized spacial score (nSPS) is 11.4. The first-order valence-corrected chi connectivity index (χ1v) is 10.3. The average Bonchev–Trinajstić information content (AvgIpc) is 3.00. The van der Waals surface area contributed by atoms with Gasteiger partial charge in [0.05, 0.1) is 16.7 Å². The van der Waals surface area contributed by atoms with Gasteiger partial charge < -0.3 is 9.47 Å². The number of rotatable bonds is 7. The number of nitrogens with zero attached hydrogens (tertiary/aromatic N) is 3. The van der Waals surface area contributed by atoms with E-state index in [1.54, 1.807) is 0 Å². The minimum atomic E-state index is 0.0864. The van der Waals surface area contributed by atoms with Crippen molar-refractivity contribution in [3.8, 4) is 0 Å². The molecular weight excluding hydrogens is 346 g/mol. The van der Waals surface area contributed by atoms with Crippen LogP contribution in [0.2, 0.25) is 0 Å². The van der Waals surface area contributed by atoms with E-state index in [0.29, 0.717) is 6.54 Å². The second kappa shape index (κ2) is 8.59. The molecule has 0 radical (unpaired) electrons. The molecule has 2 aromatic carbocycles. The van der Waals surface area contributed by atoms with Crippen molar-refractivity contribution >= 4 is 22.6 Å². The van der Waals surface area contributed by atoms with Crippen molar-refractivity contribution in [3.05, 3.63) is 59.4 Å². The van der Waals surface area contributed by atoms with Gasteiger partial charge in [0.1, 0.15) is 12.4 Å². The van der Waals surface area contributed by atoms with Crippen LogP contribution in [0.25, 0.3) is 11.0 Å². The maximum absolute atomic E-state index is 13.6. The number of amides is 1. The second-order valence-corrected chi connectivity index (χ2v) is 7.65. The van der Waals surface area contributed by atoms with Gasteiger partial charge >= 0.3 is 0 Å². The molecule has 0 saturated carbocycles. The van der Waals surface area contributed by atoms with Crippen molar-refractivity contribution in [3.63, 3.8) is 0 Å². The van der Waals surface area contributed by atoms with Crippen molar-refractivity contribution in [2.24, 2.45) is 0 Å². The summed E-state index contributed by atoms with van der Waals surface area (Å²) in [7, 11) is 0. The molecule has 3 rings (SSSR count). The average molecular weight is 378 g/mol. The molecule has 1 heterocycles. The Bertz CT molecular complexity index is 971. The van der Waals surface area contributed by atoms with Gasteiger partial charge in [-0.15, -0.1) is 0 Å². The molecule has 1 aromatic heterocycles. The van der Waals surface area contributed by atoms with E-state index in [0.717, 1.165) is 47.4 Å². The van der Waals surface area contributed by atoms with Gasteiger partial charge in [-0.25, -0.2) is 4.98 Å². The SMILES string of the molecule is CCCc1nc2ccccc2n1CC(=O)N(c1c(C)cccc1CC)C(C)C. The predicted molar refractivity (Wildman–Crippen MR) is 117 cm³/mol. The number of anilines is 1. The van der Waals surface area contributed by atoms with Crippen LogP contribution in [0.15, 0.2) is 42.5 Å². The number of hydrogen-bond acceptors (Lipinski definition) is 2. The summed E-state index contributed by atoms with van der Waals surface area (Å²) in [5.41, 5.74) is 5.41. The minimum Gasteiger partial charge on any atom is -0.318 e. The number of para-hydroxylation sites is 3. The Morgan fingerprint density at radius 1 is 1.11 bits per heavy atom. The highest BCUT2D eigenvalue weighted by molar-refractivity contribution is 5.96. The van der Waals surface area contributed by atoms with Crippen molar-refractivity contribution in [1.82, 2.24) is 9.55 Å². The molecule has 148 valence electrons. The first-order chi connectivity index (χ1) is 13.5. The number of carbonyl (C=O) groups is 1. The molecule has 4 heteroatoms. The fourth-order valence-electron chi connectivity index (χ4n) is 3.95. The van der Waals surface area contributed by atoms with E-state index in [2.05, 4.69) is 63.5 Å². The highest BCUT2D eigenvalue weighted by Crippen LogP contribution is 2.28. The van der Waals surface area contributed by atoms with Gasteiger partial charge in [0.25, 0.3) is 0 Å². The maximum Gasteiger partial charge on any atom is 0.247 e. The zero-order valence-corrected chi connectivity index (χ0v) is 17.7. The number of benzene rings is 2. The van der Waals surface area contributed by atoms with Crippen LogP contribution in [0.3, 0.4) is 0 Å². The Labute approximate surface area is 168 Å². The van der Waals surface area contributed by atoms with Gasteiger partial charge in [0.15, 0.2) is 0 Å². The number of aromatic nitrogens is 2. The lowest BCUT2D eigenvalue weighted by molar-refractivity contribution is -0.119.